The van der Waals surface area contributed by atoms with Crippen molar-refractivity contribution in [2.24, 2.45) is 5.41 Å². The molecule has 0 aliphatic heterocycles. The van der Waals surface area contributed by atoms with Gasteiger partial charge in [0.2, 0.25) is 11.7 Å². The average molecular weight is 295 g/mol. The molecular weight excluding hydrogens is 274 g/mol. The third-order valence-electron chi connectivity index (χ3n) is 4.11. The van der Waals surface area contributed by atoms with Crippen LogP contribution in [0.4, 0.5) is 11.5 Å². The first kappa shape index (κ1) is 15.5. The summed E-state index contributed by atoms with van der Waals surface area (Å²) in [5.74, 6) is 0.592. The first-order chi connectivity index (χ1) is 9.90. The Labute approximate surface area is 123 Å². The van der Waals surface area contributed by atoms with Gasteiger partial charge in [0.25, 0.3) is 0 Å². The number of aromatic nitrogens is 1. The first-order valence-corrected chi connectivity index (χ1v) is 6.97. The summed E-state index contributed by atoms with van der Waals surface area (Å²) in [4.78, 5) is 14.8. The van der Waals surface area contributed by atoms with Crippen LogP contribution in [0.3, 0.4) is 0 Å². The Morgan fingerprint density at radius 3 is 2.76 bits per heavy atom. The Kier molecular flexibility index (Phi) is 4.32. The summed E-state index contributed by atoms with van der Waals surface area (Å²) < 4.78 is 10.7. The van der Waals surface area contributed by atoms with Gasteiger partial charge in [-0.05, 0) is 13.3 Å². The third kappa shape index (κ3) is 2.92. The highest BCUT2D eigenvalue weighted by Crippen LogP contribution is 2.45. The number of hydrogen-bond acceptors (Lipinski definition) is 6. The van der Waals surface area contributed by atoms with E-state index in [1.807, 2.05) is 6.92 Å². The van der Waals surface area contributed by atoms with Crippen LogP contribution in [0.25, 0.3) is 0 Å². The standard InChI is InChI=1S/C14H21N3O4/c1-5-21-11-8-10(14(11,2)3)15-13-9(17(18)19)6-7-12(16-13)20-4/h6-7,10-11H,5,8H2,1-4H3,(H,15,16). The summed E-state index contributed by atoms with van der Waals surface area (Å²) in [6, 6.07) is 2.96. The fourth-order valence-electron chi connectivity index (χ4n) is 2.58. The smallest absolute Gasteiger partial charge is 0.311 e. The van der Waals surface area contributed by atoms with E-state index in [0.29, 0.717) is 12.5 Å². The lowest BCUT2D eigenvalue weighted by Crippen LogP contribution is -2.58. The van der Waals surface area contributed by atoms with E-state index in [1.165, 1.54) is 19.2 Å². The normalized spacial score (nSPS) is 23.2. The van der Waals surface area contributed by atoms with Crippen molar-refractivity contribution in [2.75, 3.05) is 19.0 Å². The van der Waals surface area contributed by atoms with Gasteiger partial charge in [-0.1, -0.05) is 13.8 Å². The van der Waals surface area contributed by atoms with Gasteiger partial charge in [0.1, 0.15) is 0 Å². The number of ether oxygens (including phenoxy) is 2. The minimum atomic E-state index is -0.444. The molecule has 2 atom stereocenters. The van der Waals surface area contributed by atoms with Crippen molar-refractivity contribution in [2.45, 2.75) is 39.3 Å². The minimum Gasteiger partial charge on any atom is -0.481 e. The van der Waals surface area contributed by atoms with Gasteiger partial charge >= 0.3 is 5.69 Å². The van der Waals surface area contributed by atoms with Crippen molar-refractivity contribution in [3.8, 4) is 5.88 Å². The molecule has 2 unspecified atom stereocenters. The zero-order valence-corrected chi connectivity index (χ0v) is 12.8. The van der Waals surface area contributed by atoms with E-state index in [9.17, 15) is 10.1 Å². The molecule has 116 valence electrons. The summed E-state index contributed by atoms with van der Waals surface area (Å²) >= 11 is 0. The Morgan fingerprint density at radius 2 is 2.24 bits per heavy atom. The SMILES string of the molecule is CCOC1CC(Nc2nc(OC)ccc2[N+](=O)[O-])C1(C)C. The van der Waals surface area contributed by atoms with Crippen molar-refractivity contribution >= 4 is 11.5 Å². The molecule has 1 N–H and O–H groups in total. The van der Waals surface area contributed by atoms with Gasteiger partial charge in [0, 0.05) is 30.2 Å². The van der Waals surface area contributed by atoms with Crippen molar-refractivity contribution in [3.63, 3.8) is 0 Å². The number of nitro groups is 1. The number of nitrogens with one attached hydrogen (secondary N) is 1. The van der Waals surface area contributed by atoms with Gasteiger partial charge in [-0.3, -0.25) is 10.1 Å². The number of pyridine rings is 1. The molecule has 1 aromatic rings. The molecule has 1 aliphatic carbocycles. The molecule has 21 heavy (non-hydrogen) atoms. The summed E-state index contributed by atoms with van der Waals surface area (Å²) in [5.41, 5.74) is -0.152. The van der Waals surface area contributed by atoms with Crippen LogP contribution in [0.5, 0.6) is 5.88 Å². The fourth-order valence-corrected chi connectivity index (χ4v) is 2.58. The Bertz CT molecular complexity index is 533. The molecule has 0 bridgehead atoms. The van der Waals surface area contributed by atoms with E-state index >= 15 is 0 Å². The first-order valence-electron chi connectivity index (χ1n) is 6.97. The predicted octanol–water partition coefficient (Wildman–Crippen LogP) is 2.61. The van der Waals surface area contributed by atoms with Crippen molar-refractivity contribution in [3.05, 3.63) is 22.2 Å². The molecule has 0 spiro atoms. The zero-order chi connectivity index (χ0) is 15.6. The summed E-state index contributed by atoms with van der Waals surface area (Å²) in [7, 11) is 1.48. The quantitative estimate of drug-likeness (QED) is 0.641. The van der Waals surface area contributed by atoms with Crippen LogP contribution < -0.4 is 10.1 Å². The summed E-state index contributed by atoms with van der Waals surface area (Å²) in [6.07, 6.45) is 0.960. The van der Waals surface area contributed by atoms with Gasteiger partial charge in [-0.25, -0.2) is 0 Å². The second kappa shape index (κ2) is 5.85. The van der Waals surface area contributed by atoms with Crippen LogP contribution in [-0.2, 0) is 4.74 Å². The van der Waals surface area contributed by atoms with Gasteiger partial charge in [-0.2, -0.15) is 4.98 Å². The summed E-state index contributed by atoms with van der Waals surface area (Å²) in [5, 5.41) is 14.3. The molecule has 1 aromatic heterocycles. The van der Waals surface area contributed by atoms with Crippen LogP contribution in [0, 0.1) is 15.5 Å². The van der Waals surface area contributed by atoms with E-state index < -0.39 is 4.92 Å². The van der Waals surface area contributed by atoms with Crippen LogP contribution in [0.2, 0.25) is 0 Å². The maximum Gasteiger partial charge on any atom is 0.311 e. The van der Waals surface area contributed by atoms with Crippen LogP contribution in [0.1, 0.15) is 27.2 Å². The lowest BCUT2D eigenvalue weighted by Gasteiger charge is -2.51. The Hall–Kier alpha value is -1.89. The van der Waals surface area contributed by atoms with Gasteiger partial charge < -0.3 is 14.8 Å². The highest BCUT2D eigenvalue weighted by molar-refractivity contribution is 5.58. The molecule has 0 amide bonds. The predicted molar refractivity (Wildman–Crippen MR) is 78.7 cm³/mol. The number of methoxy groups -OCH3 is 1. The molecule has 1 fully saturated rings. The molecule has 0 saturated heterocycles. The van der Waals surface area contributed by atoms with Crippen LogP contribution in [-0.4, -0.2) is 35.8 Å². The number of rotatable bonds is 6. The number of hydrogen-bond donors (Lipinski definition) is 1. The minimum absolute atomic E-state index is 0.0496. The number of nitrogens with zero attached hydrogens (tertiary/aromatic N) is 2. The zero-order valence-electron chi connectivity index (χ0n) is 12.8. The molecular formula is C14H21N3O4. The van der Waals surface area contributed by atoms with Crippen molar-refractivity contribution in [1.29, 1.82) is 0 Å². The molecule has 7 nitrogen and oxygen atoms in total. The average Bonchev–Trinajstić information content (AvgIpc) is 2.45. The molecule has 1 saturated carbocycles. The highest BCUT2D eigenvalue weighted by Gasteiger charge is 2.49. The van der Waals surface area contributed by atoms with E-state index in [4.69, 9.17) is 9.47 Å². The van der Waals surface area contributed by atoms with Crippen molar-refractivity contribution in [1.82, 2.24) is 4.98 Å². The second-order valence-electron chi connectivity index (χ2n) is 5.68. The molecule has 1 heterocycles. The van der Waals surface area contributed by atoms with E-state index in [0.717, 1.165) is 6.42 Å². The molecule has 1 aliphatic rings. The highest BCUT2D eigenvalue weighted by atomic mass is 16.6. The third-order valence-corrected chi connectivity index (χ3v) is 4.11. The van der Waals surface area contributed by atoms with E-state index in [1.54, 1.807) is 0 Å². The number of anilines is 1. The van der Waals surface area contributed by atoms with Crippen LogP contribution >= 0.6 is 0 Å². The lowest BCUT2D eigenvalue weighted by atomic mass is 9.64. The monoisotopic (exact) mass is 295 g/mol. The maximum atomic E-state index is 11.1. The largest absolute Gasteiger partial charge is 0.481 e. The van der Waals surface area contributed by atoms with E-state index in [2.05, 4.69) is 24.1 Å². The molecule has 0 radical (unpaired) electrons. The Balaban J connectivity index is 2.18. The Morgan fingerprint density at radius 1 is 1.52 bits per heavy atom. The lowest BCUT2D eigenvalue weighted by molar-refractivity contribution is -0.384. The fraction of sp³-hybridized carbons (Fsp3) is 0.643. The van der Waals surface area contributed by atoms with Gasteiger partial charge in [0.05, 0.1) is 18.1 Å². The van der Waals surface area contributed by atoms with Crippen LogP contribution in [0.15, 0.2) is 12.1 Å². The molecule has 7 heteroatoms. The van der Waals surface area contributed by atoms with E-state index in [-0.39, 0.29) is 29.1 Å². The maximum absolute atomic E-state index is 11.1. The summed E-state index contributed by atoms with van der Waals surface area (Å²) in [6.45, 7) is 6.80. The van der Waals surface area contributed by atoms with Crippen molar-refractivity contribution < 1.29 is 14.4 Å². The van der Waals surface area contributed by atoms with Gasteiger partial charge in [0.15, 0.2) is 0 Å². The second-order valence-corrected chi connectivity index (χ2v) is 5.68. The molecule has 2 rings (SSSR count). The molecule has 0 aromatic carbocycles. The van der Waals surface area contributed by atoms with Gasteiger partial charge in [-0.15, -0.1) is 0 Å². The topological polar surface area (TPSA) is 86.5 Å².